The van der Waals surface area contributed by atoms with E-state index >= 15 is 0 Å². The first-order valence-corrected chi connectivity index (χ1v) is 8.18. The maximum Gasteiger partial charge on any atom is 0.311 e. The molecule has 0 saturated carbocycles. The third kappa shape index (κ3) is 4.28. The molecule has 2 atom stereocenters. The van der Waals surface area contributed by atoms with Crippen molar-refractivity contribution in [1.82, 2.24) is 9.88 Å². The molecular weight excluding hydrogens is 296 g/mol. The fraction of sp³-hybridized carbons (Fsp3) is 0.588. The van der Waals surface area contributed by atoms with Gasteiger partial charge in [0.15, 0.2) is 0 Å². The molecule has 2 fully saturated rings. The van der Waals surface area contributed by atoms with Gasteiger partial charge >= 0.3 is 5.97 Å². The molecule has 6 nitrogen and oxygen atoms in total. The van der Waals surface area contributed by atoms with E-state index in [1.165, 1.54) is 0 Å². The first-order chi connectivity index (χ1) is 11.2. The van der Waals surface area contributed by atoms with Crippen LogP contribution in [0.3, 0.4) is 0 Å². The highest BCUT2D eigenvalue weighted by molar-refractivity contribution is 5.86. The van der Waals surface area contributed by atoms with E-state index in [1.54, 1.807) is 11.1 Å². The summed E-state index contributed by atoms with van der Waals surface area (Å²) in [5.74, 6) is -0.697. The van der Waals surface area contributed by atoms with E-state index < -0.39 is 0 Å². The third-order valence-corrected chi connectivity index (χ3v) is 4.31. The van der Waals surface area contributed by atoms with Crippen LogP contribution in [0.15, 0.2) is 24.4 Å². The van der Waals surface area contributed by atoms with Crippen LogP contribution in [0.5, 0.6) is 0 Å². The minimum atomic E-state index is -0.380. The summed E-state index contributed by atoms with van der Waals surface area (Å²) in [6.07, 6.45) is 5.05. The highest BCUT2D eigenvalue weighted by Gasteiger charge is 2.35. The molecule has 3 heterocycles. The largest absolute Gasteiger partial charge is 0.463 e. The molecular formula is C17H22N2O4. The maximum absolute atomic E-state index is 12.2. The molecule has 2 saturated heterocycles. The highest BCUT2D eigenvalue weighted by Crippen LogP contribution is 2.21. The lowest BCUT2D eigenvalue weighted by atomic mass is 10.1. The number of ether oxygens (including phenoxy) is 2. The summed E-state index contributed by atoms with van der Waals surface area (Å²) in [6.45, 7) is 1.88. The number of hydrogen-bond donors (Lipinski definition) is 0. The predicted octanol–water partition coefficient (Wildman–Crippen LogP) is 1.54. The van der Waals surface area contributed by atoms with E-state index in [4.69, 9.17) is 9.47 Å². The zero-order valence-electron chi connectivity index (χ0n) is 13.1. The van der Waals surface area contributed by atoms with Crippen molar-refractivity contribution in [3.8, 4) is 0 Å². The number of pyridine rings is 1. The van der Waals surface area contributed by atoms with Crippen molar-refractivity contribution in [3.63, 3.8) is 0 Å². The van der Waals surface area contributed by atoms with Gasteiger partial charge in [0.2, 0.25) is 5.91 Å². The molecule has 3 rings (SSSR count). The van der Waals surface area contributed by atoms with E-state index in [0.717, 1.165) is 31.6 Å². The Bertz CT molecular complexity index is 543. The number of nitrogens with zero attached hydrogens (tertiary/aromatic N) is 2. The minimum Gasteiger partial charge on any atom is -0.463 e. The summed E-state index contributed by atoms with van der Waals surface area (Å²) in [5.41, 5.74) is 0.825. The number of hydrogen-bond acceptors (Lipinski definition) is 5. The normalized spacial score (nSPS) is 24.7. The Labute approximate surface area is 135 Å². The van der Waals surface area contributed by atoms with Crippen molar-refractivity contribution in [2.75, 3.05) is 19.8 Å². The van der Waals surface area contributed by atoms with E-state index in [9.17, 15) is 9.59 Å². The Hall–Kier alpha value is -1.95. The SMILES string of the molecule is O=C(OC[C@H]1CCCCO1)[C@H]1CC(=O)N(Cc2ccccn2)C1. The first kappa shape index (κ1) is 15.9. The number of amides is 1. The molecule has 2 aliphatic heterocycles. The number of likely N-dealkylation sites (tertiary alicyclic amines) is 1. The molecule has 1 aromatic rings. The molecule has 0 spiro atoms. The van der Waals surface area contributed by atoms with Crippen molar-refractivity contribution in [2.24, 2.45) is 5.92 Å². The second kappa shape index (κ2) is 7.55. The molecule has 0 aliphatic carbocycles. The molecule has 23 heavy (non-hydrogen) atoms. The zero-order chi connectivity index (χ0) is 16.1. The number of esters is 1. The Morgan fingerprint density at radius 1 is 1.39 bits per heavy atom. The molecule has 2 aliphatic rings. The molecule has 0 aromatic carbocycles. The van der Waals surface area contributed by atoms with Gasteiger partial charge in [0.1, 0.15) is 6.61 Å². The van der Waals surface area contributed by atoms with Crippen LogP contribution in [-0.4, -0.2) is 47.6 Å². The van der Waals surface area contributed by atoms with Crippen LogP contribution in [0.2, 0.25) is 0 Å². The van der Waals surface area contributed by atoms with Crippen molar-refractivity contribution >= 4 is 11.9 Å². The van der Waals surface area contributed by atoms with Gasteiger partial charge in [0.25, 0.3) is 0 Å². The van der Waals surface area contributed by atoms with Crippen LogP contribution >= 0.6 is 0 Å². The molecule has 0 N–H and O–H groups in total. The summed E-state index contributed by atoms with van der Waals surface area (Å²) in [5, 5.41) is 0. The van der Waals surface area contributed by atoms with Crippen molar-refractivity contribution in [2.45, 2.75) is 38.3 Å². The average Bonchev–Trinajstić information content (AvgIpc) is 2.95. The number of carbonyl (C=O) groups is 2. The number of rotatable bonds is 5. The van der Waals surface area contributed by atoms with Gasteiger partial charge in [-0.2, -0.15) is 0 Å². The zero-order valence-corrected chi connectivity index (χ0v) is 13.1. The lowest BCUT2D eigenvalue weighted by Gasteiger charge is -2.22. The van der Waals surface area contributed by atoms with Gasteiger partial charge in [-0.05, 0) is 31.4 Å². The fourth-order valence-corrected chi connectivity index (χ4v) is 3.00. The lowest BCUT2D eigenvalue weighted by Crippen LogP contribution is -2.29. The Morgan fingerprint density at radius 3 is 3.04 bits per heavy atom. The van der Waals surface area contributed by atoms with E-state index in [-0.39, 0.29) is 30.3 Å². The van der Waals surface area contributed by atoms with Crippen molar-refractivity contribution in [3.05, 3.63) is 30.1 Å². The van der Waals surface area contributed by atoms with Gasteiger partial charge in [-0.3, -0.25) is 14.6 Å². The molecule has 1 aromatic heterocycles. The summed E-state index contributed by atoms with van der Waals surface area (Å²) < 4.78 is 10.9. The number of aromatic nitrogens is 1. The van der Waals surface area contributed by atoms with Gasteiger partial charge in [-0.1, -0.05) is 6.07 Å². The standard InChI is InChI=1S/C17H22N2O4/c20-16-9-13(10-19(16)11-14-5-1-3-7-18-14)17(21)23-12-15-6-2-4-8-22-15/h1,3,5,7,13,15H,2,4,6,8-12H2/t13-,15+/m0/s1. The molecule has 1 amide bonds. The van der Waals surface area contributed by atoms with Crippen LogP contribution in [0, 0.1) is 5.92 Å². The smallest absolute Gasteiger partial charge is 0.311 e. The summed E-state index contributed by atoms with van der Waals surface area (Å²) in [7, 11) is 0. The second-order valence-corrected chi connectivity index (χ2v) is 6.12. The summed E-state index contributed by atoms with van der Waals surface area (Å²) in [6, 6.07) is 5.60. The highest BCUT2D eigenvalue weighted by atomic mass is 16.6. The Kier molecular flexibility index (Phi) is 5.23. The Morgan fingerprint density at radius 2 is 2.30 bits per heavy atom. The fourth-order valence-electron chi connectivity index (χ4n) is 3.00. The van der Waals surface area contributed by atoms with Gasteiger partial charge in [0, 0.05) is 25.8 Å². The maximum atomic E-state index is 12.2. The topological polar surface area (TPSA) is 68.7 Å². The summed E-state index contributed by atoms with van der Waals surface area (Å²) in [4.78, 5) is 30.1. The van der Waals surface area contributed by atoms with Crippen LogP contribution in [0.4, 0.5) is 0 Å². The first-order valence-electron chi connectivity index (χ1n) is 8.18. The predicted molar refractivity (Wildman–Crippen MR) is 82.3 cm³/mol. The monoisotopic (exact) mass is 318 g/mol. The van der Waals surface area contributed by atoms with Gasteiger partial charge in [-0.25, -0.2) is 0 Å². The van der Waals surface area contributed by atoms with Crippen molar-refractivity contribution < 1.29 is 19.1 Å². The second-order valence-electron chi connectivity index (χ2n) is 6.12. The van der Waals surface area contributed by atoms with Crippen LogP contribution in [0.1, 0.15) is 31.4 Å². The third-order valence-electron chi connectivity index (χ3n) is 4.31. The number of carbonyl (C=O) groups excluding carboxylic acids is 2. The van der Waals surface area contributed by atoms with Crippen molar-refractivity contribution in [1.29, 1.82) is 0 Å². The quantitative estimate of drug-likeness (QED) is 0.770. The van der Waals surface area contributed by atoms with E-state index in [0.29, 0.717) is 19.7 Å². The molecule has 6 heteroatoms. The van der Waals surface area contributed by atoms with Crippen LogP contribution in [0.25, 0.3) is 0 Å². The molecule has 0 radical (unpaired) electrons. The van der Waals surface area contributed by atoms with Gasteiger partial charge in [-0.15, -0.1) is 0 Å². The van der Waals surface area contributed by atoms with Gasteiger partial charge < -0.3 is 14.4 Å². The lowest BCUT2D eigenvalue weighted by molar-refractivity contribution is -0.153. The average molecular weight is 318 g/mol. The van der Waals surface area contributed by atoms with Crippen LogP contribution < -0.4 is 0 Å². The molecule has 0 unspecified atom stereocenters. The van der Waals surface area contributed by atoms with E-state index in [1.807, 2.05) is 18.2 Å². The molecule has 124 valence electrons. The van der Waals surface area contributed by atoms with Gasteiger partial charge in [0.05, 0.1) is 24.3 Å². The summed E-state index contributed by atoms with van der Waals surface area (Å²) >= 11 is 0. The molecule has 0 bridgehead atoms. The Balaban J connectivity index is 1.47. The van der Waals surface area contributed by atoms with E-state index in [2.05, 4.69) is 4.98 Å². The van der Waals surface area contributed by atoms with Crippen LogP contribution in [-0.2, 0) is 25.6 Å². The minimum absolute atomic E-state index is 0.00873.